The summed E-state index contributed by atoms with van der Waals surface area (Å²) in [5.74, 6) is -1.32. The molecule has 0 bridgehead atoms. The van der Waals surface area contributed by atoms with Crippen molar-refractivity contribution in [2.75, 3.05) is 13.7 Å². The molecule has 0 aromatic heterocycles. The van der Waals surface area contributed by atoms with Gasteiger partial charge in [0.1, 0.15) is 5.82 Å². The van der Waals surface area contributed by atoms with Crippen LogP contribution >= 0.6 is 0 Å². The first kappa shape index (κ1) is 17.2. The highest BCUT2D eigenvalue weighted by Gasteiger charge is 2.10. The summed E-state index contributed by atoms with van der Waals surface area (Å²) in [7, 11) is 1.39. The fraction of sp³-hybridized carbons (Fsp3) is 0.111. The number of hydrogen-bond acceptors (Lipinski definition) is 4. The first-order chi connectivity index (χ1) is 11.5. The number of hydrogen-bond donors (Lipinski definition) is 1. The lowest BCUT2D eigenvalue weighted by Crippen LogP contribution is -2.10. The quantitative estimate of drug-likeness (QED) is 0.623. The molecule has 2 aromatic carbocycles. The van der Waals surface area contributed by atoms with Crippen LogP contribution in [0.15, 0.2) is 48.5 Å². The molecule has 6 heteroatoms. The van der Waals surface area contributed by atoms with Gasteiger partial charge in [-0.2, -0.15) is 0 Å². The second-order valence-electron chi connectivity index (χ2n) is 4.80. The van der Waals surface area contributed by atoms with Gasteiger partial charge in [-0.1, -0.05) is 18.2 Å². The minimum atomic E-state index is -1.12. The predicted octanol–water partition coefficient (Wildman–Crippen LogP) is 3.19. The minimum absolute atomic E-state index is 0.227. The van der Waals surface area contributed by atoms with Gasteiger partial charge in [0.15, 0.2) is 23.9 Å². The molecule has 124 valence electrons. The summed E-state index contributed by atoms with van der Waals surface area (Å²) in [4.78, 5) is 22.7. The number of carbonyl (C=O) groups is 2. The molecule has 0 heterocycles. The van der Waals surface area contributed by atoms with Gasteiger partial charge in [-0.3, -0.25) is 4.79 Å². The third-order valence-corrected chi connectivity index (χ3v) is 3.08. The number of ketones is 1. The van der Waals surface area contributed by atoms with E-state index < -0.39 is 12.6 Å². The van der Waals surface area contributed by atoms with Crippen LogP contribution in [0.3, 0.4) is 0 Å². The molecule has 0 aliphatic rings. The van der Waals surface area contributed by atoms with Crippen LogP contribution in [0.1, 0.15) is 15.9 Å². The second-order valence-corrected chi connectivity index (χ2v) is 4.80. The van der Waals surface area contributed by atoms with E-state index in [1.165, 1.54) is 49.6 Å². The van der Waals surface area contributed by atoms with Crippen LogP contribution in [0.4, 0.5) is 4.39 Å². The number of halogens is 1. The summed E-state index contributed by atoms with van der Waals surface area (Å²) < 4.78 is 23.3. The van der Waals surface area contributed by atoms with Crippen LogP contribution in [0.2, 0.25) is 0 Å². The average Bonchev–Trinajstić information content (AvgIpc) is 2.57. The van der Waals surface area contributed by atoms with Gasteiger partial charge in [0.25, 0.3) is 0 Å². The average molecular weight is 330 g/mol. The Hall–Kier alpha value is -3.15. The summed E-state index contributed by atoms with van der Waals surface area (Å²) >= 11 is 0. The van der Waals surface area contributed by atoms with E-state index in [4.69, 9.17) is 14.6 Å². The molecule has 2 aromatic rings. The van der Waals surface area contributed by atoms with Crippen LogP contribution in [0.25, 0.3) is 6.08 Å². The first-order valence-electron chi connectivity index (χ1n) is 7.00. The van der Waals surface area contributed by atoms with Crippen molar-refractivity contribution in [2.45, 2.75) is 0 Å². The molecule has 0 fully saturated rings. The molecular weight excluding hydrogens is 315 g/mol. The molecule has 24 heavy (non-hydrogen) atoms. The Kier molecular flexibility index (Phi) is 5.68. The van der Waals surface area contributed by atoms with Crippen molar-refractivity contribution >= 4 is 17.8 Å². The molecular formula is C18H15FO5. The number of benzene rings is 2. The van der Waals surface area contributed by atoms with Crippen LogP contribution in [-0.4, -0.2) is 30.6 Å². The van der Waals surface area contributed by atoms with E-state index >= 15 is 0 Å². The van der Waals surface area contributed by atoms with E-state index in [0.29, 0.717) is 11.1 Å². The van der Waals surface area contributed by atoms with Crippen molar-refractivity contribution in [3.63, 3.8) is 0 Å². The zero-order chi connectivity index (χ0) is 17.5. The van der Waals surface area contributed by atoms with Crippen molar-refractivity contribution in [1.29, 1.82) is 0 Å². The van der Waals surface area contributed by atoms with E-state index in [1.54, 1.807) is 12.1 Å². The number of ether oxygens (including phenoxy) is 2. The third kappa shape index (κ3) is 4.67. The zero-order valence-electron chi connectivity index (χ0n) is 12.9. The lowest BCUT2D eigenvalue weighted by atomic mass is 10.1. The van der Waals surface area contributed by atoms with Crippen LogP contribution in [-0.2, 0) is 4.79 Å². The Bertz CT molecular complexity index is 783. The highest BCUT2D eigenvalue weighted by molar-refractivity contribution is 6.07. The van der Waals surface area contributed by atoms with Crippen molar-refractivity contribution in [2.24, 2.45) is 0 Å². The molecule has 2 rings (SSSR count). The number of methoxy groups -OCH3 is 1. The van der Waals surface area contributed by atoms with Crippen molar-refractivity contribution in [3.8, 4) is 11.5 Å². The normalized spacial score (nSPS) is 10.6. The molecule has 0 saturated carbocycles. The third-order valence-electron chi connectivity index (χ3n) is 3.08. The molecule has 0 radical (unpaired) electrons. The Morgan fingerprint density at radius 3 is 2.62 bits per heavy atom. The zero-order valence-corrected chi connectivity index (χ0v) is 12.9. The summed E-state index contributed by atoms with van der Waals surface area (Å²) in [5.41, 5.74) is 0.902. The molecule has 0 aliphatic heterocycles. The van der Waals surface area contributed by atoms with Gasteiger partial charge in [-0.15, -0.1) is 0 Å². The number of aliphatic carboxylic acids is 1. The topological polar surface area (TPSA) is 72.8 Å². The maximum absolute atomic E-state index is 13.1. The summed E-state index contributed by atoms with van der Waals surface area (Å²) in [6.45, 7) is -0.511. The second kappa shape index (κ2) is 7.92. The molecule has 0 atom stereocenters. The summed E-state index contributed by atoms with van der Waals surface area (Å²) in [5, 5.41) is 8.62. The van der Waals surface area contributed by atoms with Gasteiger partial charge >= 0.3 is 5.97 Å². The van der Waals surface area contributed by atoms with Crippen molar-refractivity contribution in [1.82, 2.24) is 0 Å². The number of rotatable bonds is 7. The monoisotopic (exact) mass is 330 g/mol. The summed E-state index contributed by atoms with van der Waals surface area (Å²) in [6, 6.07) is 10.3. The largest absolute Gasteiger partial charge is 0.493 e. The van der Waals surface area contributed by atoms with E-state index in [0.717, 1.165) is 0 Å². The number of carbonyl (C=O) groups excluding carboxylic acids is 1. The summed E-state index contributed by atoms with van der Waals surface area (Å²) in [6.07, 6.45) is 2.83. The minimum Gasteiger partial charge on any atom is -0.493 e. The maximum Gasteiger partial charge on any atom is 0.341 e. The first-order valence-corrected chi connectivity index (χ1v) is 7.00. The van der Waals surface area contributed by atoms with Gasteiger partial charge in [-0.25, -0.2) is 9.18 Å². The van der Waals surface area contributed by atoms with Gasteiger partial charge in [-0.05, 0) is 42.0 Å². The lowest BCUT2D eigenvalue weighted by Gasteiger charge is -2.09. The highest BCUT2D eigenvalue weighted by Crippen LogP contribution is 2.28. The number of allylic oxidation sites excluding steroid dienone is 1. The molecule has 0 spiro atoms. The Morgan fingerprint density at radius 1 is 1.17 bits per heavy atom. The number of carboxylic acids is 1. The van der Waals surface area contributed by atoms with E-state index in [2.05, 4.69) is 0 Å². The Balaban J connectivity index is 2.16. The van der Waals surface area contributed by atoms with Crippen molar-refractivity contribution in [3.05, 3.63) is 65.5 Å². The fourth-order valence-corrected chi connectivity index (χ4v) is 1.96. The maximum atomic E-state index is 13.1. The van der Waals surface area contributed by atoms with Gasteiger partial charge in [0.2, 0.25) is 0 Å². The Labute approximate surface area is 137 Å². The number of carboxylic acid groups (broad SMARTS) is 1. The van der Waals surface area contributed by atoms with Gasteiger partial charge < -0.3 is 14.6 Å². The molecule has 5 nitrogen and oxygen atoms in total. The smallest absolute Gasteiger partial charge is 0.341 e. The van der Waals surface area contributed by atoms with Crippen LogP contribution in [0, 0.1) is 5.82 Å². The lowest BCUT2D eigenvalue weighted by molar-refractivity contribution is -0.139. The fourth-order valence-electron chi connectivity index (χ4n) is 1.96. The van der Waals surface area contributed by atoms with E-state index in [-0.39, 0.29) is 23.1 Å². The van der Waals surface area contributed by atoms with E-state index in [9.17, 15) is 14.0 Å². The van der Waals surface area contributed by atoms with Crippen LogP contribution < -0.4 is 9.47 Å². The highest BCUT2D eigenvalue weighted by atomic mass is 19.1. The molecule has 1 N–H and O–H groups in total. The van der Waals surface area contributed by atoms with E-state index in [1.807, 2.05) is 0 Å². The van der Waals surface area contributed by atoms with Gasteiger partial charge in [0, 0.05) is 5.56 Å². The SMILES string of the molecule is COc1cc(C(=O)/C=C/c2cccc(F)c2)ccc1OCC(=O)O. The van der Waals surface area contributed by atoms with Crippen molar-refractivity contribution < 1.29 is 28.6 Å². The van der Waals surface area contributed by atoms with Crippen LogP contribution in [0.5, 0.6) is 11.5 Å². The Morgan fingerprint density at radius 2 is 1.96 bits per heavy atom. The standard InChI is InChI=1S/C18H15FO5/c1-23-17-10-13(6-8-16(17)24-11-18(21)22)15(20)7-5-12-3-2-4-14(19)9-12/h2-10H,11H2,1H3,(H,21,22)/b7-5+. The molecule has 0 aliphatic carbocycles. The van der Waals surface area contributed by atoms with Gasteiger partial charge in [0.05, 0.1) is 7.11 Å². The molecule has 0 amide bonds. The molecule has 0 saturated heterocycles. The predicted molar refractivity (Wildman–Crippen MR) is 85.9 cm³/mol. The molecule has 0 unspecified atom stereocenters.